The number of aryl methyl sites for hydroxylation is 1. The van der Waals surface area contributed by atoms with Gasteiger partial charge in [-0.3, -0.25) is 9.69 Å². The molecule has 0 aliphatic rings. The Morgan fingerprint density at radius 3 is 2.62 bits per heavy atom. The van der Waals surface area contributed by atoms with Crippen molar-refractivity contribution >= 4 is 11.8 Å². The van der Waals surface area contributed by atoms with Gasteiger partial charge in [0.25, 0.3) is 5.91 Å². The van der Waals surface area contributed by atoms with Gasteiger partial charge in [-0.2, -0.15) is 0 Å². The van der Waals surface area contributed by atoms with Crippen LogP contribution in [0.1, 0.15) is 12.7 Å². The number of anilines is 1. The Balaban J connectivity index is 2.79. The average molecular weight is 183 g/mol. The minimum Gasteiger partial charge on any atom is -0.445 e. The van der Waals surface area contributed by atoms with Gasteiger partial charge in [-0.25, -0.2) is 0 Å². The summed E-state index contributed by atoms with van der Waals surface area (Å²) >= 11 is 0. The summed E-state index contributed by atoms with van der Waals surface area (Å²) in [6.45, 7) is 3.22. The van der Waals surface area contributed by atoms with Crippen molar-refractivity contribution in [3.63, 3.8) is 0 Å². The van der Waals surface area contributed by atoms with Gasteiger partial charge in [0.05, 0.1) is 0 Å². The molecule has 0 aliphatic heterocycles. The van der Waals surface area contributed by atoms with E-state index in [1.165, 1.54) is 11.8 Å². The van der Waals surface area contributed by atoms with Crippen molar-refractivity contribution in [1.29, 1.82) is 0 Å². The smallest absolute Gasteiger partial charge is 0.257 e. The van der Waals surface area contributed by atoms with E-state index in [2.05, 4.69) is 0 Å². The highest BCUT2D eigenvalue weighted by molar-refractivity contribution is 5.94. The molecule has 0 fully saturated rings. The molecule has 0 aromatic carbocycles. The highest BCUT2D eigenvalue weighted by Gasteiger charge is 2.17. The van der Waals surface area contributed by atoms with Crippen molar-refractivity contribution in [3.8, 4) is 0 Å². The van der Waals surface area contributed by atoms with Gasteiger partial charge in [0.15, 0.2) is 0 Å². The van der Waals surface area contributed by atoms with Gasteiger partial charge in [-0.05, 0) is 19.9 Å². The van der Waals surface area contributed by atoms with E-state index >= 15 is 0 Å². The van der Waals surface area contributed by atoms with Crippen LogP contribution in [0.5, 0.6) is 0 Å². The van der Waals surface area contributed by atoms with Crippen molar-refractivity contribution in [2.75, 3.05) is 11.9 Å². The van der Waals surface area contributed by atoms with Crippen molar-refractivity contribution in [3.05, 3.63) is 17.9 Å². The third-order valence-electron chi connectivity index (χ3n) is 1.74. The summed E-state index contributed by atoms with van der Waals surface area (Å²) in [7, 11) is 1.56. The molecule has 0 bridgehead atoms. The fraction of sp³-hybridized carbons (Fsp3) is 0.444. The Morgan fingerprint density at radius 1 is 1.62 bits per heavy atom. The first-order valence-electron chi connectivity index (χ1n) is 4.04. The maximum absolute atomic E-state index is 11.3. The van der Waals surface area contributed by atoms with E-state index in [1.54, 1.807) is 26.1 Å². The van der Waals surface area contributed by atoms with Crippen LogP contribution in [0.15, 0.2) is 16.5 Å². The first-order chi connectivity index (χ1) is 6.02. The number of carbonyl (C=O) groups is 1. The molecule has 0 saturated heterocycles. The van der Waals surface area contributed by atoms with Crippen LogP contribution in [0.2, 0.25) is 0 Å². The van der Waals surface area contributed by atoms with Crippen molar-refractivity contribution in [2.24, 2.45) is 0 Å². The molecule has 0 aliphatic carbocycles. The summed E-state index contributed by atoms with van der Waals surface area (Å²) < 4.78 is 5.21. The zero-order chi connectivity index (χ0) is 10.0. The second kappa shape index (κ2) is 3.62. The number of nitrogens with zero attached hydrogens (tertiary/aromatic N) is 1. The molecule has 1 heterocycles. The van der Waals surface area contributed by atoms with Gasteiger partial charge >= 0.3 is 0 Å². The van der Waals surface area contributed by atoms with E-state index in [0.29, 0.717) is 5.88 Å². The van der Waals surface area contributed by atoms with Crippen LogP contribution in [0.25, 0.3) is 0 Å². The highest BCUT2D eigenvalue weighted by Crippen LogP contribution is 2.16. The molecule has 1 rings (SSSR count). The van der Waals surface area contributed by atoms with Gasteiger partial charge in [-0.15, -0.1) is 0 Å². The number of carbonyl (C=O) groups excluding carboxylic acids is 1. The van der Waals surface area contributed by atoms with E-state index in [9.17, 15) is 4.79 Å². The molecule has 0 spiro atoms. The topological polar surface area (TPSA) is 53.7 Å². The third-order valence-corrected chi connectivity index (χ3v) is 1.74. The molecule has 13 heavy (non-hydrogen) atoms. The van der Waals surface area contributed by atoms with Crippen LogP contribution in [0, 0.1) is 6.92 Å². The van der Waals surface area contributed by atoms with Crippen LogP contribution in [0.3, 0.4) is 0 Å². The average Bonchev–Trinajstić information content (AvgIpc) is 2.49. The van der Waals surface area contributed by atoms with Crippen LogP contribution in [-0.4, -0.2) is 24.2 Å². The van der Waals surface area contributed by atoms with Crippen LogP contribution < -0.4 is 4.90 Å². The second-order valence-corrected chi connectivity index (χ2v) is 2.96. The SMILES string of the molecule is Cc1ccc(N(C)C(=O)C(C)O)o1. The highest BCUT2D eigenvalue weighted by atomic mass is 16.4. The molecular weight excluding hydrogens is 170 g/mol. The number of amides is 1. The van der Waals surface area contributed by atoms with Gasteiger partial charge in [0.2, 0.25) is 5.88 Å². The first kappa shape index (κ1) is 9.80. The number of rotatable bonds is 2. The zero-order valence-electron chi connectivity index (χ0n) is 7.94. The maximum atomic E-state index is 11.3. The minimum absolute atomic E-state index is 0.380. The molecular formula is C9H13NO3. The maximum Gasteiger partial charge on any atom is 0.257 e. The van der Waals surface area contributed by atoms with Crippen molar-refractivity contribution in [1.82, 2.24) is 0 Å². The van der Waals surface area contributed by atoms with Crippen LogP contribution >= 0.6 is 0 Å². The minimum atomic E-state index is -1.00. The van der Waals surface area contributed by atoms with Crippen molar-refractivity contribution < 1.29 is 14.3 Å². The molecule has 1 unspecified atom stereocenters. The number of likely N-dealkylation sites (N-methyl/N-ethyl adjacent to an activating group) is 1. The van der Waals surface area contributed by atoms with E-state index in [4.69, 9.17) is 9.52 Å². The molecule has 4 heteroatoms. The fourth-order valence-electron chi connectivity index (χ4n) is 0.991. The predicted molar refractivity (Wildman–Crippen MR) is 48.5 cm³/mol. The number of hydrogen-bond acceptors (Lipinski definition) is 3. The molecule has 1 atom stereocenters. The summed E-state index contributed by atoms with van der Waals surface area (Å²) in [5.74, 6) is 0.804. The zero-order valence-corrected chi connectivity index (χ0v) is 7.94. The summed E-state index contributed by atoms with van der Waals surface area (Å²) in [4.78, 5) is 12.6. The van der Waals surface area contributed by atoms with E-state index in [-0.39, 0.29) is 5.91 Å². The summed E-state index contributed by atoms with van der Waals surface area (Å²) in [5.41, 5.74) is 0. The Hall–Kier alpha value is -1.29. The largest absolute Gasteiger partial charge is 0.445 e. The molecule has 1 aromatic heterocycles. The molecule has 1 aromatic rings. The standard InChI is InChI=1S/C9H13NO3/c1-6-4-5-8(13-6)10(3)9(12)7(2)11/h4-5,7,11H,1-3H3. The lowest BCUT2D eigenvalue weighted by Gasteiger charge is -2.15. The Kier molecular flexibility index (Phi) is 2.72. The lowest BCUT2D eigenvalue weighted by atomic mass is 10.3. The van der Waals surface area contributed by atoms with Gasteiger partial charge in [0.1, 0.15) is 11.9 Å². The number of hydrogen-bond donors (Lipinski definition) is 1. The first-order valence-corrected chi connectivity index (χ1v) is 4.04. The molecule has 4 nitrogen and oxygen atoms in total. The molecule has 1 N–H and O–H groups in total. The lowest BCUT2D eigenvalue weighted by Crippen LogP contribution is -2.34. The summed E-state index contributed by atoms with van der Waals surface area (Å²) in [6, 6.07) is 3.46. The van der Waals surface area contributed by atoms with Gasteiger partial charge in [0, 0.05) is 13.1 Å². The Morgan fingerprint density at radius 2 is 2.23 bits per heavy atom. The molecule has 1 amide bonds. The number of aliphatic hydroxyl groups is 1. The normalized spacial score (nSPS) is 12.6. The lowest BCUT2D eigenvalue weighted by molar-refractivity contribution is -0.125. The number of furan rings is 1. The fourth-order valence-corrected chi connectivity index (χ4v) is 0.991. The van der Waals surface area contributed by atoms with Crippen LogP contribution in [0.4, 0.5) is 5.88 Å². The Bertz CT molecular complexity index is 304. The second-order valence-electron chi connectivity index (χ2n) is 2.96. The number of aliphatic hydroxyl groups excluding tert-OH is 1. The van der Waals surface area contributed by atoms with Gasteiger partial charge in [-0.1, -0.05) is 0 Å². The molecule has 0 radical (unpaired) electrons. The quantitative estimate of drug-likeness (QED) is 0.742. The third kappa shape index (κ3) is 2.09. The Labute approximate surface area is 76.8 Å². The molecule has 72 valence electrons. The monoisotopic (exact) mass is 183 g/mol. The van der Waals surface area contributed by atoms with E-state index in [1.807, 2.05) is 0 Å². The van der Waals surface area contributed by atoms with Crippen LogP contribution in [-0.2, 0) is 4.79 Å². The van der Waals surface area contributed by atoms with E-state index < -0.39 is 6.10 Å². The summed E-state index contributed by atoms with van der Waals surface area (Å²) in [5, 5.41) is 9.03. The summed E-state index contributed by atoms with van der Waals surface area (Å²) in [6.07, 6.45) is -1.00. The molecule has 0 saturated carbocycles. The van der Waals surface area contributed by atoms with Crippen molar-refractivity contribution in [2.45, 2.75) is 20.0 Å². The van der Waals surface area contributed by atoms with E-state index in [0.717, 1.165) is 5.76 Å². The predicted octanol–water partition coefficient (Wildman–Crippen LogP) is 0.932. The van der Waals surface area contributed by atoms with Gasteiger partial charge < -0.3 is 9.52 Å².